The predicted molar refractivity (Wildman–Crippen MR) is 41.8 cm³/mol. The van der Waals surface area contributed by atoms with Crippen molar-refractivity contribution < 1.29 is 5.11 Å². The minimum absolute atomic E-state index is 0.0613. The SMILES string of the molecule is C[C@@H]1CN(C)CC[C@@]1(O)C#N. The first-order valence-electron chi connectivity index (χ1n) is 3.90. The third-order valence-corrected chi connectivity index (χ3v) is 2.47. The van der Waals surface area contributed by atoms with E-state index in [1.54, 1.807) is 0 Å². The Kier molecular flexibility index (Phi) is 2.17. The molecule has 0 spiro atoms. The molecule has 0 bridgehead atoms. The predicted octanol–water partition coefficient (Wildman–Crippen LogP) is 0.213. The fourth-order valence-electron chi connectivity index (χ4n) is 1.48. The molecule has 0 amide bonds. The molecule has 1 fully saturated rings. The molecule has 1 aliphatic rings. The van der Waals surface area contributed by atoms with E-state index in [-0.39, 0.29) is 5.92 Å². The van der Waals surface area contributed by atoms with Gasteiger partial charge in [-0.3, -0.25) is 0 Å². The highest BCUT2D eigenvalue weighted by Gasteiger charge is 2.37. The molecular weight excluding hydrogens is 140 g/mol. The summed E-state index contributed by atoms with van der Waals surface area (Å²) in [4.78, 5) is 2.14. The van der Waals surface area contributed by atoms with Crippen molar-refractivity contribution in [3.63, 3.8) is 0 Å². The van der Waals surface area contributed by atoms with E-state index in [4.69, 9.17) is 5.26 Å². The average Bonchev–Trinajstić information content (AvgIpc) is 1.98. The molecule has 0 saturated carbocycles. The second-order valence-electron chi connectivity index (χ2n) is 3.45. The van der Waals surface area contributed by atoms with Crippen LogP contribution in [0.5, 0.6) is 0 Å². The van der Waals surface area contributed by atoms with Crippen molar-refractivity contribution in [2.24, 2.45) is 5.92 Å². The Labute approximate surface area is 67.2 Å². The lowest BCUT2D eigenvalue weighted by atomic mass is 9.84. The number of hydrogen-bond donors (Lipinski definition) is 1. The molecule has 0 radical (unpaired) electrons. The van der Waals surface area contributed by atoms with Gasteiger partial charge in [0.05, 0.1) is 6.07 Å². The zero-order valence-electron chi connectivity index (χ0n) is 7.04. The van der Waals surface area contributed by atoms with Crippen LogP contribution in [0.1, 0.15) is 13.3 Å². The van der Waals surface area contributed by atoms with E-state index in [0.717, 1.165) is 13.1 Å². The summed E-state index contributed by atoms with van der Waals surface area (Å²) in [5.74, 6) is 0.0613. The summed E-state index contributed by atoms with van der Waals surface area (Å²) in [6.07, 6.45) is 0.571. The van der Waals surface area contributed by atoms with Crippen molar-refractivity contribution in [3.05, 3.63) is 0 Å². The molecule has 1 rings (SSSR count). The first-order chi connectivity index (χ1) is 5.08. The summed E-state index contributed by atoms with van der Waals surface area (Å²) in [7, 11) is 2.01. The van der Waals surface area contributed by atoms with Gasteiger partial charge in [-0.05, 0) is 7.05 Å². The van der Waals surface area contributed by atoms with E-state index in [1.165, 1.54) is 0 Å². The summed E-state index contributed by atoms with van der Waals surface area (Å²) >= 11 is 0. The smallest absolute Gasteiger partial charge is 0.156 e. The minimum atomic E-state index is -1.08. The van der Waals surface area contributed by atoms with Crippen LogP contribution in [-0.2, 0) is 0 Å². The zero-order chi connectivity index (χ0) is 8.48. The van der Waals surface area contributed by atoms with Crippen LogP contribution >= 0.6 is 0 Å². The summed E-state index contributed by atoms with van der Waals surface area (Å²) in [6.45, 7) is 3.54. The van der Waals surface area contributed by atoms with Crippen molar-refractivity contribution >= 4 is 0 Å². The van der Waals surface area contributed by atoms with Gasteiger partial charge in [-0.1, -0.05) is 6.92 Å². The Morgan fingerprint density at radius 1 is 1.73 bits per heavy atom. The van der Waals surface area contributed by atoms with Crippen LogP contribution in [0.3, 0.4) is 0 Å². The van der Waals surface area contributed by atoms with Gasteiger partial charge >= 0.3 is 0 Å². The third kappa shape index (κ3) is 1.52. The normalized spacial score (nSPS) is 40.0. The van der Waals surface area contributed by atoms with Crippen molar-refractivity contribution in [1.82, 2.24) is 4.90 Å². The molecule has 0 aromatic carbocycles. The summed E-state index contributed by atoms with van der Waals surface area (Å²) in [5, 5.41) is 18.4. The highest BCUT2D eigenvalue weighted by Crippen LogP contribution is 2.25. The highest BCUT2D eigenvalue weighted by molar-refractivity contribution is 5.06. The molecule has 11 heavy (non-hydrogen) atoms. The van der Waals surface area contributed by atoms with E-state index in [1.807, 2.05) is 20.0 Å². The lowest BCUT2D eigenvalue weighted by Gasteiger charge is -2.37. The van der Waals surface area contributed by atoms with Gasteiger partial charge in [0.1, 0.15) is 0 Å². The number of piperidine rings is 1. The van der Waals surface area contributed by atoms with Crippen molar-refractivity contribution in [1.29, 1.82) is 5.26 Å². The van der Waals surface area contributed by atoms with Crippen LogP contribution in [0.25, 0.3) is 0 Å². The second kappa shape index (κ2) is 2.80. The molecule has 2 atom stereocenters. The number of rotatable bonds is 0. The van der Waals surface area contributed by atoms with Crippen LogP contribution in [0.4, 0.5) is 0 Å². The number of hydrogen-bond acceptors (Lipinski definition) is 3. The fraction of sp³-hybridized carbons (Fsp3) is 0.875. The molecule has 3 heteroatoms. The van der Waals surface area contributed by atoms with E-state index in [9.17, 15) is 5.11 Å². The van der Waals surface area contributed by atoms with E-state index >= 15 is 0 Å². The van der Waals surface area contributed by atoms with Gasteiger partial charge in [0.15, 0.2) is 5.60 Å². The monoisotopic (exact) mass is 154 g/mol. The van der Waals surface area contributed by atoms with Gasteiger partial charge in [0.25, 0.3) is 0 Å². The number of likely N-dealkylation sites (tertiary alicyclic amines) is 1. The number of nitrogens with zero attached hydrogens (tertiary/aromatic N) is 2. The van der Waals surface area contributed by atoms with Gasteiger partial charge in [0, 0.05) is 25.4 Å². The molecule has 1 saturated heterocycles. The fourth-order valence-corrected chi connectivity index (χ4v) is 1.48. The standard InChI is InChI=1S/C8H14N2O/c1-7-5-10(2)4-3-8(7,11)6-9/h7,11H,3-5H2,1-2H3/t7-,8-/m1/s1. The third-order valence-electron chi connectivity index (χ3n) is 2.47. The Hall–Kier alpha value is -0.590. The molecule has 0 unspecified atom stereocenters. The molecule has 1 heterocycles. The van der Waals surface area contributed by atoms with Crippen LogP contribution in [0.15, 0.2) is 0 Å². The van der Waals surface area contributed by atoms with Gasteiger partial charge in [0.2, 0.25) is 0 Å². The Balaban J connectivity index is 2.66. The lowest BCUT2D eigenvalue weighted by molar-refractivity contribution is -0.0141. The minimum Gasteiger partial charge on any atom is -0.375 e. The summed E-state index contributed by atoms with van der Waals surface area (Å²) in [5.41, 5.74) is -1.08. The molecule has 0 aromatic heterocycles. The maximum absolute atomic E-state index is 9.68. The van der Waals surface area contributed by atoms with Crippen LogP contribution in [0.2, 0.25) is 0 Å². The first-order valence-corrected chi connectivity index (χ1v) is 3.90. The molecule has 0 aliphatic carbocycles. The quantitative estimate of drug-likeness (QED) is 0.507. The largest absolute Gasteiger partial charge is 0.375 e. The molecule has 1 N–H and O–H groups in total. The maximum Gasteiger partial charge on any atom is 0.156 e. The Morgan fingerprint density at radius 3 is 2.82 bits per heavy atom. The molecule has 62 valence electrons. The van der Waals surface area contributed by atoms with Crippen LogP contribution in [-0.4, -0.2) is 35.7 Å². The van der Waals surface area contributed by atoms with Gasteiger partial charge < -0.3 is 10.0 Å². The van der Waals surface area contributed by atoms with Crippen molar-refractivity contribution in [3.8, 4) is 6.07 Å². The molecule has 3 nitrogen and oxygen atoms in total. The van der Waals surface area contributed by atoms with E-state index in [2.05, 4.69) is 4.90 Å². The summed E-state index contributed by atoms with van der Waals surface area (Å²) in [6, 6.07) is 1.98. The van der Waals surface area contributed by atoms with Crippen molar-refractivity contribution in [2.45, 2.75) is 18.9 Å². The van der Waals surface area contributed by atoms with Crippen LogP contribution in [0, 0.1) is 17.2 Å². The van der Waals surface area contributed by atoms with E-state index in [0.29, 0.717) is 6.42 Å². The second-order valence-corrected chi connectivity index (χ2v) is 3.45. The van der Waals surface area contributed by atoms with Gasteiger partial charge in [-0.2, -0.15) is 5.26 Å². The number of aliphatic hydroxyl groups is 1. The molecule has 0 aromatic rings. The Bertz CT molecular complexity index is 187. The van der Waals surface area contributed by atoms with Gasteiger partial charge in [-0.25, -0.2) is 0 Å². The first kappa shape index (κ1) is 8.51. The maximum atomic E-state index is 9.68. The van der Waals surface area contributed by atoms with E-state index < -0.39 is 5.60 Å². The molecule has 1 aliphatic heterocycles. The molecular formula is C8H14N2O. The zero-order valence-corrected chi connectivity index (χ0v) is 7.04. The van der Waals surface area contributed by atoms with Crippen molar-refractivity contribution in [2.75, 3.05) is 20.1 Å². The average molecular weight is 154 g/mol. The Morgan fingerprint density at radius 2 is 2.36 bits per heavy atom. The number of nitriles is 1. The lowest BCUT2D eigenvalue weighted by Crippen LogP contribution is -2.48. The van der Waals surface area contributed by atoms with Crippen LogP contribution < -0.4 is 0 Å². The van der Waals surface area contributed by atoms with Gasteiger partial charge in [-0.15, -0.1) is 0 Å². The summed E-state index contributed by atoms with van der Waals surface area (Å²) < 4.78 is 0. The topological polar surface area (TPSA) is 47.3 Å². The highest BCUT2D eigenvalue weighted by atomic mass is 16.3.